The molecule has 0 heterocycles. The Morgan fingerprint density at radius 2 is 1.89 bits per heavy atom. The molecule has 0 aliphatic heterocycles. The number of carbonyl (C=O) groups excluding carboxylic acids is 1. The molecular weight excluding hydrogens is 240 g/mol. The van der Waals surface area contributed by atoms with Crippen LogP contribution in [-0.4, -0.2) is 30.2 Å². The molecule has 0 saturated heterocycles. The number of rotatable bonds is 8. The number of ether oxygens (including phenoxy) is 1. The number of carbonyl (C=O) groups is 1. The minimum absolute atomic E-state index is 0.00822. The van der Waals surface area contributed by atoms with Gasteiger partial charge in [-0.15, -0.1) is 0 Å². The summed E-state index contributed by atoms with van der Waals surface area (Å²) in [6, 6.07) is 0. The topological polar surface area (TPSA) is 64.3 Å². The Bertz CT molecular complexity index is 271. The molecule has 0 aromatic carbocycles. The number of hydrogen-bond acceptors (Lipinski definition) is 3. The van der Waals surface area contributed by atoms with Crippen molar-refractivity contribution in [2.24, 2.45) is 5.73 Å². The molecule has 3 N–H and O–H groups in total. The van der Waals surface area contributed by atoms with Gasteiger partial charge in [0.05, 0.1) is 6.10 Å². The van der Waals surface area contributed by atoms with E-state index in [1.165, 1.54) is 12.8 Å². The second-order valence-corrected chi connectivity index (χ2v) is 5.73. The monoisotopic (exact) mass is 270 g/mol. The predicted octanol–water partition coefficient (Wildman–Crippen LogP) is 2.36. The van der Waals surface area contributed by atoms with Crippen LogP contribution in [0.2, 0.25) is 0 Å². The smallest absolute Gasteiger partial charge is 0.249 e. The molecule has 1 amide bonds. The molecule has 1 atom stereocenters. The third kappa shape index (κ3) is 5.11. The Hall–Kier alpha value is -0.610. The van der Waals surface area contributed by atoms with E-state index in [1.807, 2.05) is 6.92 Å². The Morgan fingerprint density at radius 1 is 1.32 bits per heavy atom. The lowest BCUT2D eigenvalue weighted by Crippen LogP contribution is -2.51. The van der Waals surface area contributed by atoms with Gasteiger partial charge in [0.1, 0.15) is 6.10 Å². The number of amides is 1. The van der Waals surface area contributed by atoms with Crippen molar-refractivity contribution in [1.29, 1.82) is 0 Å². The molecule has 1 fully saturated rings. The van der Waals surface area contributed by atoms with Crippen LogP contribution in [0, 0.1) is 0 Å². The zero-order valence-electron chi connectivity index (χ0n) is 12.7. The normalized spacial score (nSPS) is 18.5. The summed E-state index contributed by atoms with van der Waals surface area (Å²) >= 11 is 0. The Kier molecular flexibility index (Phi) is 6.80. The molecule has 1 unspecified atom stereocenters. The van der Waals surface area contributed by atoms with Crippen LogP contribution in [0.1, 0.15) is 65.7 Å². The van der Waals surface area contributed by atoms with Crippen LogP contribution in [0.4, 0.5) is 0 Å². The first-order valence-electron chi connectivity index (χ1n) is 7.76. The van der Waals surface area contributed by atoms with Gasteiger partial charge in [0, 0.05) is 12.1 Å². The molecule has 0 aromatic rings. The number of nitrogens with two attached hydrogens (primary N) is 1. The van der Waals surface area contributed by atoms with E-state index in [0.717, 1.165) is 32.1 Å². The fraction of sp³-hybridized carbons (Fsp3) is 0.933. The molecule has 0 aromatic heterocycles. The highest BCUT2D eigenvalue weighted by Crippen LogP contribution is 2.23. The first-order valence-corrected chi connectivity index (χ1v) is 7.76. The molecule has 0 spiro atoms. The largest absolute Gasteiger partial charge is 0.365 e. The van der Waals surface area contributed by atoms with Gasteiger partial charge in [0.2, 0.25) is 5.91 Å². The lowest BCUT2D eigenvalue weighted by atomic mass is 9.94. The maximum Gasteiger partial charge on any atom is 0.249 e. The molecular formula is C15H30N2O2. The summed E-state index contributed by atoms with van der Waals surface area (Å²) in [5, 5.41) is 2.96. The summed E-state index contributed by atoms with van der Waals surface area (Å²) in [7, 11) is 0. The molecule has 4 heteroatoms. The molecule has 0 radical (unpaired) electrons. The second-order valence-electron chi connectivity index (χ2n) is 5.73. The van der Waals surface area contributed by atoms with Crippen molar-refractivity contribution in [2.75, 3.05) is 6.54 Å². The van der Waals surface area contributed by atoms with Gasteiger partial charge in [-0.1, -0.05) is 33.6 Å². The minimum atomic E-state index is -0.318. The van der Waals surface area contributed by atoms with Crippen molar-refractivity contribution in [3.63, 3.8) is 0 Å². The van der Waals surface area contributed by atoms with Gasteiger partial charge >= 0.3 is 0 Å². The van der Waals surface area contributed by atoms with E-state index < -0.39 is 0 Å². The lowest BCUT2D eigenvalue weighted by Gasteiger charge is -2.28. The summed E-state index contributed by atoms with van der Waals surface area (Å²) in [6.45, 7) is 6.64. The van der Waals surface area contributed by atoms with Gasteiger partial charge in [-0.3, -0.25) is 4.79 Å². The molecule has 1 rings (SSSR count). The zero-order chi connectivity index (χ0) is 14.3. The van der Waals surface area contributed by atoms with Crippen LogP contribution in [0.5, 0.6) is 0 Å². The van der Waals surface area contributed by atoms with Gasteiger partial charge in [-0.2, -0.15) is 0 Å². The van der Waals surface area contributed by atoms with Crippen LogP contribution >= 0.6 is 0 Å². The van der Waals surface area contributed by atoms with Crippen molar-refractivity contribution in [3.8, 4) is 0 Å². The van der Waals surface area contributed by atoms with Crippen molar-refractivity contribution in [1.82, 2.24) is 5.32 Å². The maximum absolute atomic E-state index is 12.1. The van der Waals surface area contributed by atoms with Gasteiger partial charge in [-0.25, -0.2) is 0 Å². The van der Waals surface area contributed by atoms with E-state index in [-0.39, 0.29) is 23.7 Å². The summed E-state index contributed by atoms with van der Waals surface area (Å²) in [6.07, 6.45) is 7.03. The van der Waals surface area contributed by atoms with E-state index >= 15 is 0 Å². The molecule has 112 valence electrons. The van der Waals surface area contributed by atoms with Gasteiger partial charge in [-0.05, 0) is 32.1 Å². The third-order valence-corrected chi connectivity index (χ3v) is 4.35. The van der Waals surface area contributed by atoms with E-state index in [1.54, 1.807) is 0 Å². The van der Waals surface area contributed by atoms with E-state index in [4.69, 9.17) is 10.5 Å². The predicted molar refractivity (Wildman–Crippen MR) is 77.9 cm³/mol. The van der Waals surface area contributed by atoms with Gasteiger partial charge < -0.3 is 15.8 Å². The quantitative estimate of drug-likeness (QED) is 0.711. The van der Waals surface area contributed by atoms with E-state index in [9.17, 15) is 4.79 Å². The maximum atomic E-state index is 12.1. The van der Waals surface area contributed by atoms with Crippen LogP contribution in [0.15, 0.2) is 0 Å². The minimum Gasteiger partial charge on any atom is -0.365 e. The molecule has 1 aliphatic carbocycles. The summed E-state index contributed by atoms with van der Waals surface area (Å²) in [5.41, 5.74) is 5.90. The van der Waals surface area contributed by atoms with E-state index in [2.05, 4.69) is 19.2 Å². The summed E-state index contributed by atoms with van der Waals surface area (Å²) < 4.78 is 5.90. The van der Waals surface area contributed by atoms with Crippen molar-refractivity contribution in [3.05, 3.63) is 0 Å². The van der Waals surface area contributed by atoms with Crippen LogP contribution in [0.3, 0.4) is 0 Å². The molecule has 1 aliphatic rings. The highest BCUT2D eigenvalue weighted by molar-refractivity contribution is 5.80. The fourth-order valence-electron chi connectivity index (χ4n) is 2.48. The van der Waals surface area contributed by atoms with Gasteiger partial charge in [0.25, 0.3) is 0 Å². The average Bonchev–Trinajstić information content (AvgIpc) is 2.94. The van der Waals surface area contributed by atoms with Crippen LogP contribution in [-0.2, 0) is 9.53 Å². The SMILES string of the molecule is CCC(OC1CCCC1)C(=O)NCC(N)(CC)CC. The Labute approximate surface area is 117 Å². The molecule has 1 saturated carbocycles. The zero-order valence-corrected chi connectivity index (χ0v) is 12.7. The highest BCUT2D eigenvalue weighted by atomic mass is 16.5. The molecule has 0 bridgehead atoms. The first-order chi connectivity index (χ1) is 9.04. The summed E-state index contributed by atoms with van der Waals surface area (Å²) in [5.74, 6) is -0.00822. The number of nitrogens with one attached hydrogen (secondary N) is 1. The Balaban J connectivity index is 2.40. The fourth-order valence-corrected chi connectivity index (χ4v) is 2.48. The van der Waals surface area contributed by atoms with Crippen molar-refractivity contribution < 1.29 is 9.53 Å². The molecule has 19 heavy (non-hydrogen) atoms. The second kappa shape index (κ2) is 7.85. The third-order valence-electron chi connectivity index (χ3n) is 4.35. The first kappa shape index (κ1) is 16.4. The van der Waals surface area contributed by atoms with Crippen molar-refractivity contribution >= 4 is 5.91 Å². The van der Waals surface area contributed by atoms with Crippen LogP contribution in [0.25, 0.3) is 0 Å². The average molecular weight is 270 g/mol. The van der Waals surface area contributed by atoms with E-state index in [0.29, 0.717) is 6.54 Å². The van der Waals surface area contributed by atoms with Gasteiger partial charge in [0.15, 0.2) is 0 Å². The summed E-state index contributed by atoms with van der Waals surface area (Å²) in [4.78, 5) is 12.1. The Morgan fingerprint density at radius 3 is 2.37 bits per heavy atom. The molecule has 4 nitrogen and oxygen atoms in total. The highest BCUT2D eigenvalue weighted by Gasteiger charge is 2.26. The lowest BCUT2D eigenvalue weighted by molar-refractivity contribution is -0.137. The number of hydrogen-bond donors (Lipinski definition) is 2. The standard InChI is InChI=1S/C15H30N2O2/c1-4-13(19-12-9-7-8-10-12)14(18)17-11-15(16,5-2)6-3/h12-13H,4-11,16H2,1-3H3,(H,17,18). The van der Waals surface area contributed by atoms with Crippen LogP contribution < -0.4 is 11.1 Å². The van der Waals surface area contributed by atoms with Crippen molar-refractivity contribution in [2.45, 2.75) is 83.5 Å².